The van der Waals surface area contributed by atoms with Gasteiger partial charge in [0.25, 0.3) is 0 Å². The molecule has 0 saturated heterocycles. The number of benzene rings is 1. The van der Waals surface area contributed by atoms with Crippen LogP contribution in [0.1, 0.15) is 53.2 Å². The first-order chi connectivity index (χ1) is 13.9. The van der Waals surface area contributed by atoms with Crippen molar-refractivity contribution in [2.45, 2.75) is 65.8 Å². The first kappa shape index (κ1) is 20.0. The maximum atomic E-state index is 13.3. The van der Waals surface area contributed by atoms with Crippen LogP contribution in [-0.2, 0) is 11.3 Å². The smallest absolute Gasteiger partial charge is 0.349 e. The van der Waals surface area contributed by atoms with Gasteiger partial charge in [-0.05, 0) is 55.2 Å². The molecule has 0 bridgehead atoms. The molecule has 1 aliphatic carbocycles. The van der Waals surface area contributed by atoms with Crippen molar-refractivity contribution in [3.05, 3.63) is 62.9 Å². The lowest BCUT2D eigenvalue weighted by Gasteiger charge is -2.40. The van der Waals surface area contributed by atoms with E-state index in [0.29, 0.717) is 30.0 Å². The summed E-state index contributed by atoms with van der Waals surface area (Å²) in [5, 5.41) is 0. The third-order valence-electron chi connectivity index (χ3n) is 6.54. The van der Waals surface area contributed by atoms with E-state index in [4.69, 9.17) is 4.74 Å². The van der Waals surface area contributed by atoms with Crippen LogP contribution in [0.4, 0.5) is 0 Å². The second-order valence-corrected chi connectivity index (χ2v) is 8.96. The van der Waals surface area contributed by atoms with Crippen LogP contribution in [0.25, 0.3) is 5.69 Å². The molecule has 0 unspecified atom stereocenters. The van der Waals surface area contributed by atoms with Crippen LogP contribution in [-0.4, -0.2) is 20.0 Å². The summed E-state index contributed by atoms with van der Waals surface area (Å²) in [7, 11) is 0. The minimum absolute atomic E-state index is 0.0840. The SMILES string of the molecule is CC1=CCn2c(=O)n(-c3ccccc3)c(=O)n2[C@H]1O[C@@H]1C[C@H](C)CC[C@H]1C(C)C. The lowest BCUT2D eigenvalue weighted by molar-refractivity contribution is -0.105. The van der Waals surface area contributed by atoms with Crippen molar-refractivity contribution in [1.82, 2.24) is 13.9 Å². The van der Waals surface area contributed by atoms with E-state index in [2.05, 4.69) is 20.8 Å². The third-order valence-corrected chi connectivity index (χ3v) is 6.54. The van der Waals surface area contributed by atoms with Crippen LogP contribution < -0.4 is 11.4 Å². The normalized spacial score (nSPS) is 27.0. The van der Waals surface area contributed by atoms with Crippen molar-refractivity contribution < 1.29 is 4.74 Å². The second-order valence-electron chi connectivity index (χ2n) is 8.96. The Kier molecular flexibility index (Phi) is 5.38. The molecule has 0 radical (unpaired) electrons. The molecule has 6 heteroatoms. The van der Waals surface area contributed by atoms with Crippen molar-refractivity contribution in [3.63, 3.8) is 0 Å². The summed E-state index contributed by atoms with van der Waals surface area (Å²) in [6, 6.07) is 9.09. The molecule has 2 heterocycles. The highest BCUT2D eigenvalue weighted by atomic mass is 16.5. The van der Waals surface area contributed by atoms with Gasteiger partial charge in [0.2, 0.25) is 0 Å². The summed E-state index contributed by atoms with van der Waals surface area (Å²) in [6.07, 6.45) is 4.90. The van der Waals surface area contributed by atoms with E-state index in [1.165, 1.54) is 20.4 Å². The first-order valence-corrected chi connectivity index (χ1v) is 10.7. The lowest BCUT2D eigenvalue weighted by Crippen LogP contribution is -2.41. The fourth-order valence-corrected chi connectivity index (χ4v) is 4.81. The number of allylic oxidation sites excluding steroid dienone is 1. The first-order valence-electron chi connectivity index (χ1n) is 10.7. The van der Waals surface area contributed by atoms with Gasteiger partial charge in [0.1, 0.15) is 0 Å². The van der Waals surface area contributed by atoms with E-state index < -0.39 is 6.23 Å². The molecule has 0 amide bonds. The Balaban J connectivity index is 1.75. The number of hydrogen-bond acceptors (Lipinski definition) is 3. The van der Waals surface area contributed by atoms with Gasteiger partial charge < -0.3 is 4.74 Å². The van der Waals surface area contributed by atoms with Crippen molar-refractivity contribution in [2.75, 3.05) is 0 Å². The number of para-hydroxylation sites is 1. The zero-order valence-electron chi connectivity index (χ0n) is 17.7. The highest BCUT2D eigenvalue weighted by molar-refractivity contribution is 5.30. The molecule has 156 valence electrons. The summed E-state index contributed by atoms with van der Waals surface area (Å²) < 4.78 is 10.9. The standard InChI is InChI=1S/C23H31N3O3/c1-15(2)19-11-10-16(3)14-20(19)29-21-17(4)12-13-24-22(27)25(23(28)26(21)24)18-8-6-5-7-9-18/h5-9,12,15-16,19-21H,10-11,13-14H2,1-4H3/t16-,19+,20-,21+/m1/s1. The summed E-state index contributed by atoms with van der Waals surface area (Å²) in [5.41, 5.74) is 0.900. The Morgan fingerprint density at radius 3 is 2.48 bits per heavy atom. The van der Waals surface area contributed by atoms with Crippen LogP contribution in [0.5, 0.6) is 0 Å². The lowest BCUT2D eigenvalue weighted by atomic mass is 9.75. The number of nitrogens with zero attached hydrogens (tertiary/aromatic N) is 3. The van der Waals surface area contributed by atoms with Gasteiger partial charge in [-0.2, -0.15) is 4.68 Å². The number of aromatic nitrogens is 3. The van der Waals surface area contributed by atoms with Crippen LogP contribution in [0.15, 0.2) is 51.6 Å². The molecule has 0 N–H and O–H groups in total. The van der Waals surface area contributed by atoms with Crippen molar-refractivity contribution >= 4 is 0 Å². The van der Waals surface area contributed by atoms with E-state index in [9.17, 15) is 9.59 Å². The maximum Gasteiger partial charge on any atom is 0.354 e. The minimum atomic E-state index is -0.537. The maximum absolute atomic E-state index is 13.3. The van der Waals surface area contributed by atoms with E-state index >= 15 is 0 Å². The molecule has 4 atom stereocenters. The average Bonchev–Trinajstić information content (AvgIpc) is 2.95. The average molecular weight is 398 g/mol. The molecule has 1 aliphatic heterocycles. The fraction of sp³-hybridized carbons (Fsp3) is 0.565. The predicted octanol–water partition coefficient (Wildman–Crippen LogP) is 3.74. The van der Waals surface area contributed by atoms with Crippen LogP contribution in [0.3, 0.4) is 0 Å². The third kappa shape index (κ3) is 3.54. The van der Waals surface area contributed by atoms with E-state index in [0.717, 1.165) is 18.4 Å². The number of ether oxygens (including phenoxy) is 1. The summed E-state index contributed by atoms with van der Waals surface area (Å²) in [5.74, 6) is 1.59. The van der Waals surface area contributed by atoms with E-state index in [1.807, 2.05) is 31.2 Å². The Morgan fingerprint density at radius 2 is 1.79 bits per heavy atom. The largest absolute Gasteiger partial charge is 0.354 e. The van der Waals surface area contributed by atoms with Gasteiger partial charge >= 0.3 is 11.4 Å². The van der Waals surface area contributed by atoms with Gasteiger partial charge in [0.05, 0.1) is 18.3 Å². The van der Waals surface area contributed by atoms with Crippen LogP contribution in [0.2, 0.25) is 0 Å². The molecule has 2 aliphatic rings. The van der Waals surface area contributed by atoms with E-state index in [-0.39, 0.29) is 17.5 Å². The van der Waals surface area contributed by atoms with Gasteiger partial charge in [-0.3, -0.25) is 0 Å². The zero-order valence-corrected chi connectivity index (χ0v) is 17.7. The molecule has 2 aromatic rings. The quantitative estimate of drug-likeness (QED) is 0.739. The Hall–Kier alpha value is -2.34. The van der Waals surface area contributed by atoms with Crippen molar-refractivity contribution in [3.8, 4) is 5.69 Å². The molecule has 29 heavy (non-hydrogen) atoms. The molecule has 4 rings (SSSR count). The topological polar surface area (TPSA) is 58.2 Å². The molecule has 1 fully saturated rings. The molecule has 0 spiro atoms. The predicted molar refractivity (Wildman–Crippen MR) is 113 cm³/mol. The molecule has 1 saturated carbocycles. The Labute approximate surface area is 171 Å². The number of hydrogen-bond donors (Lipinski definition) is 0. The van der Waals surface area contributed by atoms with Crippen LogP contribution in [0, 0.1) is 17.8 Å². The zero-order chi connectivity index (χ0) is 20.7. The van der Waals surface area contributed by atoms with Gasteiger partial charge in [0.15, 0.2) is 6.23 Å². The molecule has 1 aromatic heterocycles. The highest BCUT2D eigenvalue weighted by Gasteiger charge is 2.36. The van der Waals surface area contributed by atoms with Crippen molar-refractivity contribution in [2.24, 2.45) is 17.8 Å². The van der Waals surface area contributed by atoms with Gasteiger partial charge in [-0.25, -0.2) is 18.8 Å². The number of fused-ring (bicyclic) bond motifs is 1. The molecular weight excluding hydrogens is 366 g/mol. The van der Waals surface area contributed by atoms with Gasteiger partial charge in [-0.1, -0.05) is 51.5 Å². The Bertz CT molecular complexity index is 1010. The molecule has 1 aromatic carbocycles. The minimum Gasteiger partial charge on any atom is -0.349 e. The molecular formula is C23H31N3O3. The number of rotatable bonds is 4. The molecule has 6 nitrogen and oxygen atoms in total. The summed E-state index contributed by atoms with van der Waals surface area (Å²) >= 11 is 0. The van der Waals surface area contributed by atoms with E-state index in [1.54, 1.807) is 12.1 Å². The summed E-state index contributed by atoms with van der Waals surface area (Å²) in [6.45, 7) is 9.13. The van der Waals surface area contributed by atoms with Gasteiger partial charge in [0, 0.05) is 0 Å². The second kappa shape index (κ2) is 7.82. The fourth-order valence-electron chi connectivity index (χ4n) is 4.81. The monoisotopic (exact) mass is 397 g/mol. The van der Waals surface area contributed by atoms with Crippen LogP contribution >= 0.6 is 0 Å². The summed E-state index contributed by atoms with van der Waals surface area (Å²) in [4.78, 5) is 26.3. The van der Waals surface area contributed by atoms with Gasteiger partial charge in [-0.15, -0.1) is 0 Å². The van der Waals surface area contributed by atoms with Crippen molar-refractivity contribution in [1.29, 1.82) is 0 Å². The Morgan fingerprint density at radius 1 is 1.07 bits per heavy atom. The highest BCUT2D eigenvalue weighted by Crippen LogP contribution is 2.38.